The molecule has 0 fully saturated rings. The van der Waals surface area contributed by atoms with Crippen LogP contribution in [0.4, 0.5) is 8.78 Å². The van der Waals surface area contributed by atoms with Crippen LogP contribution in [-0.4, -0.2) is 11.5 Å². The molecule has 0 saturated heterocycles. The van der Waals surface area contributed by atoms with E-state index in [2.05, 4.69) is 26.2 Å². The van der Waals surface area contributed by atoms with Gasteiger partial charge in [-0.25, -0.2) is 13.8 Å². The third-order valence-corrected chi connectivity index (χ3v) is 3.10. The number of ether oxygens (including phenoxy) is 1. The first kappa shape index (κ1) is 14.9. The highest BCUT2D eigenvalue weighted by Crippen LogP contribution is 2.28. The minimum atomic E-state index is -0.590. The van der Waals surface area contributed by atoms with Crippen molar-refractivity contribution in [2.45, 2.75) is 13.5 Å². The van der Waals surface area contributed by atoms with E-state index in [0.29, 0.717) is 16.6 Å². The van der Waals surface area contributed by atoms with Crippen molar-refractivity contribution < 1.29 is 13.5 Å². The first-order valence-electron chi connectivity index (χ1n) is 6.08. The van der Waals surface area contributed by atoms with Crippen molar-refractivity contribution in [1.29, 1.82) is 0 Å². The third kappa shape index (κ3) is 3.52. The molecule has 20 heavy (non-hydrogen) atoms. The van der Waals surface area contributed by atoms with Gasteiger partial charge in [-0.1, -0.05) is 22.9 Å². The molecule has 1 aromatic carbocycles. The second-order valence-corrected chi connectivity index (χ2v) is 4.96. The molecule has 0 aliphatic carbocycles. The number of pyridine rings is 1. The molecule has 0 amide bonds. The lowest BCUT2D eigenvalue weighted by Crippen LogP contribution is -2.13. The topological polar surface area (TPSA) is 34.2 Å². The fourth-order valence-corrected chi connectivity index (χ4v) is 1.93. The van der Waals surface area contributed by atoms with Gasteiger partial charge < -0.3 is 10.1 Å². The van der Waals surface area contributed by atoms with Crippen LogP contribution in [0.1, 0.15) is 12.5 Å². The van der Waals surface area contributed by atoms with Crippen molar-refractivity contribution in [3.8, 4) is 11.6 Å². The van der Waals surface area contributed by atoms with E-state index in [9.17, 15) is 8.78 Å². The minimum absolute atomic E-state index is 0.0774. The molecule has 0 bridgehead atoms. The molecule has 1 N–H and O–H groups in total. The predicted octanol–water partition coefficient (Wildman–Crippen LogP) is 4.02. The number of aromatic nitrogens is 1. The number of hydrogen-bond acceptors (Lipinski definition) is 3. The van der Waals surface area contributed by atoms with Gasteiger partial charge >= 0.3 is 0 Å². The van der Waals surface area contributed by atoms with Crippen LogP contribution in [0.15, 0.2) is 34.9 Å². The van der Waals surface area contributed by atoms with E-state index >= 15 is 0 Å². The first-order valence-corrected chi connectivity index (χ1v) is 6.88. The van der Waals surface area contributed by atoms with Gasteiger partial charge in [-0.05, 0) is 30.8 Å². The van der Waals surface area contributed by atoms with Crippen LogP contribution in [0.3, 0.4) is 0 Å². The maximum Gasteiger partial charge on any atom is 0.256 e. The summed E-state index contributed by atoms with van der Waals surface area (Å²) >= 11 is 3.21. The Bertz CT molecular complexity index is 608. The highest BCUT2D eigenvalue weighted by molar-refractivity contribution is 9.10. The Morgan fingerprint density at radius 2 is 2.10 bits per heavy atom. The fourth-order valence-electron chi connectivity index (χ4n) is 1.59. The summed E-state index contributed by atoms with van der Waals surface area (Å²) in [5, 5.41) is 3.01. The van der Waals surface area contributed by atoms with Gasteiger partial charge in [0, 0.05) is 22.8 Å². The second-order valence-electron chi connectivity index (χ2n) is 4.05. The first-order chi connectivity index (χ1) is 9.61. The molecule has 2 rings (SSSR count). The van der Waals surface area contributed by atoms with Crippen LogP contribution in [0.25, 0.3) is 0 Å². The Balaban J connectivity index is 2.27. The zero-order valence-electron chi connectivity index (χ0n) is 10.8. The van der Waals surface area contributed by atoms with Crippen LogP contribution in [0.5, 0.6) is 11.6 Å². The molecule has 0 unspecified atom stereocenters. The Morgan fingerprint density at radius 1 is 1.30 bits per heavy atom. The van der Waals surface area contributed by atoms with Crippen molar-refractivity contribution in [3.05, 3.63) is 52.1 Å². The zero-order valence-corrected chi connectivity index (χ0v) is 12.4. The normalized spacial score (nSPS) is 10.6. The summed E-state index contributed by atoms with van der Waals surface area (Å²) in [6.07, 6.45) is 1.43. The van der Waals surface area contributed by atoms with Crippen molar-refractivity contribution >= 4 is 15.9 Å². The summed E-state index contributed by atoms with van der Waals surface area (Å²) in [6, 6.07) is 5.75. The van der Waals surface area contributed by atoms with Gasteiger partial charge in [-0.15, -0.1) is 0 Å². The van der Waals surface area contributed by atoms with Crippen LogP contribution >= 0.6 is 15.9 Å². The van der Waals surface area contributed by atoms with Gasteiger partial charge in [-0.3, -0.25) is 0 Å². The molecule has 6 heteroatoms. The van der Waals surface area contributed by atoms with Crippen LogP contribution in [0.2, 0.25) is 0 Å². The Kier molecular flexibility index (Phi) is 5.03. The van der Waals surface area contributed by atoms with Crippen molar-refractivity contribution in [3.63, 3.8) is 0 Å². The van der Waals surface area contributed by atoms with Crippen molar-refractivity contribution in [1.82, 2.24) is 10.3 Å². The zero-order chi connectivity index (χ0) is 14.5. The standard InChI is InChI=1S/C14H13BrF2N2O/c1-2-18-8-9-5-6-19-14(13(9)17)20-12-7-10(15)3-4-11(12)16/h3-7,18H,2,8H2,1H3. The molecule has 106 valence electrons. The summed E-state index contributed by atoms with van der Waals surface area (Å²) in [6.45, 7) is 3.01. The highest BCUT2D eigenvalue weighted by atomic mass is 79.9. The molecule has 0 radical (unpaired) electrons. The Labute approximate surface area is 124 Å². The Hall–Kier alpha value is -1.53. The molecule has 3 nitrogen and oxygen atoms in total. The molecule has 0 atom stereocenters. The fraction of sp³-hybridized carbons (Fsp3) is 0.214. The van der Waals surface area contributed by atoms with Crippen LogP contribution in [0, 0.1) is 11.6 Å². The lowest BCUT2D eigenvalue weighted by molar-refractivity contribution is 0.394. The lowest BCUT2D eigenvalue weighted by atomic mass is 10.2. The van der Waals surface area contributed by atoms with Gasteiger partial charge in [0.2, 0.25) is 0 Å². The second kappa shape index (κ2) is 6.76. The maximum atomic E-state index is 14.2. The number of benzene rings is 1. The van der Waals surface area contributed by atoms with Gasteiger partial charge in [0.15, 0.2) is 17.4 Å². The maximum absolute atomic E-state index is 14.2. The highest BCUT2D eigenvalue weighted by Gasteiger charge is 2.13. The van der Waals surface area contributed by atoms with E-state index < -0.39 is 11.6 Å². The van der Waals surface area contributed by atoms with Gasteiger partial charge in [0.1, 0.15) is 0 Å². The third-order valence-electron chi connectivity index (χ3n) is 2.60. The summed E-state index contributed by atoms with van der Waals surface area (Å²) in [4.78, 5) is 3.81. The summed E-state index contributed by atoms with van der Waals surface area (Å²) in [7, 11) is 0. The van der Waals surface area contributed by atoms with Crippen LogP contribution < -0.4 is 10.1 Å². The number of rotatable bonds is 5. The molecule has 0 aliphatic rings. The van der Waals surface area contributed by atoms with Gasteiger partial charge in [-0.2, -0.15) is 0 Å². The summed E-state index contributed by atoms with van der Waals surface area (Å²) in [5.41, 5.74) is 0.423. The van der Waals surface area contributed by atoms with Crippen molar-refractivity contribution in [2.75, 3.05) is 6.54 Å². The van der Waals surface area contributed by atoms with E-state index in [4.69, 9.17) is 4.74 Å². The van der Waals surface area contributed by atoms with Crippen LogP contribution in [-0.2, 0) is 6.54 Å². The number of nitrogens with zero attached hydrogens (tertiary/aromatic N) is 1. The molecule has 0 spiro atoms. The monoisotopic (exact) mass is 342 g/mol. The predicted molar refractivity (Wildman–Crippen MR) is 75.7 cm³/mol. The van der Waals surface area contributed by atoms with E-state index in [0.717, 1.165) is 6.54 Å². The molecule has 1 heterocycles. The smallest absolute Gasteiger partial charge is 0.256 e. The molecular formula is C14H13BrF2N2O. The summed E-state index contributed by atoms with van der Waals surface area (Å²) in [5.74, 6) is -1.48. The average molecular weight is 343 g/mol. The molecular weight excluding hydrogens is 330 g/mol. The van der Waals surface area contributed by atoms with Gasteiger partial charge in [0.25, 0.3) is 5.88 Å². The Morgan fingerprint density at radius 3 is 2.85 bits per heavy atom. The minimum Gasteiger partial charge on any atom is -0.433 e. The largest absolute Gasteiger partial charge is 0.433 e. The van der Waals surface area contributed by atoms with E-state index in [1.54, 1.807) is 6.07 Å². The molecule has 0 saturated carbocycles. The quantitative estimate of drug-likeness (QED) is 0.890. The molecule has 2 aromatic rings. The van der Waals surface area contributed by atoms with Crippen molar-refractivity contribution in [2.24, 2.45) is 0 Å². The van der Waals surface area contributed by atoms with E-state index in [1.807, 2.05) is 6.92 Å². The molecule has 1 aromatic heterocycles. The average Bonchev–Trinajstić information content (AvgIpc) is 2.44. The SMILES string of the molecule is CCNCc1ccnc(Oc2cc(Br)ccc2F)c1F. The van der Waals surface area contributed by atoms with E-state index in [-0.39, 0.29) is 11.6 Å². The summed E-state index contributed by atoms with van der Waals surface area (Å²) < 4.78 is 33.6. The number of hydrogen-bond donors (Lipinski definition) is 1. The van der Waals surface area contributed by atoms with E-state index in [1.165, 1.54) is 24.4 Å². The lowest BCUT2D eigenvalue weighted by Gasteiger charge is -2.10. The number of halogens is 3. The number of nitrogens with one attached hydrogen (secondary N) is 1. The van der Waals surface area contributed by atoms with Gasteiger partial charge in [0.05, 0.1) is 0 Å². The molecule has 0 aliphatic heterocycles.